The fourth-order valence-corrected chi connectivity index (χ4v) is 1.97. The molecule has 3 aromatic rings. The molecule has 0 saturated carbocycles. The summed E-state index contributed by atoms with van der Waals surface area (Å²) in [4.78, 5) is 4.17. The van der Waals surface area contributed by atoms with E-state index in [0.717, 1.165) is 23.6 Å². The van der Waals surface area contributed by atoms with Gasteiger partial charge in [-0.1, -0.05) is 12.1 Å². The maximum atomic E-state index is 5.03. The third kappa shape index (κ3) is 2.60. The van der Waals surface area contributed by atoms with E-state index in [2.05, 4.69) is 20.5 Å². The lowest BCUT2D eigenvalue weighted by Crippen LogP contribution is -2.15. The highest BCUT2D eigenvalue weighted by Gasteiger charge is 2.03. The number of hydrogen-bond donors (Lipinski definition) is 1. The molecule has 6 nitrogen and oxygen atoms in total. The maximum absolute atomic E-state index is 5.03. The minimum atomic E-state index is 0.622. The van der Waals surface area contributed by atoms with Crippen LogP contribution in [0.25, 0.3) is 5.65 Å². The van der Waals surface area contributed by atoms with Gasteiger partial charge in [0.2, 0.25) is 5.88 Å². The summed E-state index contributed by atoms with van der Waals surface area (Å²) in [5, 5.41) is 11.6. The first-order valence-electron chi connectivity index (χ1n) is 6.35. The van der Waals surface area contributed by atoms with Crippen LogP contribution in [0.3, 0.4) is 0 Å². The molecular formula is C14H15N5O. The first-order chi connectivity index (χ1) is 9.86. The molecule has 0 aliphatic carbocycles. The average Bonchev–Trinajstić information content (AvgIpc) is 2.92. The van der Waals surface area contributed by atoms with Crippen molar-refractivity contribution in [3.05, 3.63) is 54.1 Å². The molecule has 0 saturated heterocycles. The van der Waals surface area contributed by atoms with Crippen molar-refractivity contribution >= 4 is 5.65 Å². The Kier molecular flexibility index (Phi) is 3.56. The van der Waals surface area contributed by atoms with Gasteiger partial charge in [-0.2, -0.15) is 0 Å². The van der Waals surface area contributed by atoms with Crippen LogP contribution in [0, 0.1) is 0 Å². The number of aromatic nitrogens is 4. The molecule has 0 spiro atoms. The van der Waals surface area contributed by atoms with Crippen LogP contribution < -0.4 is 10.1 Å². The van der Waals surface area contributed by atoms with Crippen LogP contribution >= 0.6 is 0 Å². The van der Waals surface area contributed by atoms with Gasteiger partial charge in [-0.25, -0.2) is 4.98 Å². The van der Waals surface area contributed by atoms with E-state index >= 15 is 0 Å². The van der Waals surface area contributed by atoms with Gasteiger partial charge in [-0.3, -0.25) is 4.40 Å². The van der Waals surface area contributed by atoms with Gasteiger partial charge >= 0.3 is 0 Å². The minimum Gasteiger partial charge on any atom is -0.481 e. The van der Waals surface area contributed by atoms with Crippen molar-refractivity contribution in [2.75, 3.05) is 7.11 Å². The molecule has 0 aliphatic rings. The second-order valence-corrected chi connectivity index (χ2v) is 4.36. The van der Waals surface area contributed by atoms with Crippen LogP contribution in [0.5, 0.6) is 5.88 Å². The lowest BCUT2D eigenvalue weighted by Gasteiger charge is -2.04. The van der Waals surface area contributed by atoms with Crippen LogP contribution in [0.4, 0.5) is 0 Å². The summed E-state index contributed by atoms with van der Waals surface area (Å²) >= 11 is 0. The van der Waals surface area contributed by atoms with Crippen molar-refractivity contribution in [2.24, 2.45) is 0 Å². The zero-order valence-corrected chi connectivity index (χ0v) is 11.2. The number of nitrogens with one attached hydrogen (secondary N) is 1. The van der Waals surface area contributed by atoms with E-state index in [1.165, 1.54) is 0 Å². The summed E-state index contributed by atoms with van der Waals surface area (Å²) in [5.74, 6) is 1.51. The number of ether oxygens (including phenoxy) is 1. The smallest absolute Gasteiger partial charge is 0.212 e. The van der Waals surface area contributed by atoms with Gasteiger partial charge in [0.05, 0.1) is 13.7 Å². The molecule has 3 heterocycles. The molecule has 0 atom stereocenters. The number of pyridine rings is 2. The number of nitrogens with zero attached hydrogens (tertiary/aromatic N) is 4. The first kappa shape index (κ1) is 12.6. The van der Waals surface area contributed by atoms with Crippen molar-refractivity contribution in [1.82, 2.24) is 24.9 Å². The Morgan fingerprint density at radius 1 is 1.15 bits per heavy atom. The molecule has 0 bridgehead atoms. The molecule has 6 heteroatoms. The Labute approximate surface area is 116 Å². The van der Waals surface area contributed by atoms with E-state index in [-0.39, 0.29) is 0 Å². The van der Waals surface area contributed by atoms with Gasteiger partial charge in [0, 0.05) is 25.0 Å². The molecule has 0 radical (unpaired) electrons. The molecular weight excluding hydrogens is 254 g/mol. The summed E-state index contributed by atoms with van der Waals surface area (Å²) in [5.41, 5.74) is 1.95. The Balaban J connectivity index is 1.62. The largest absolute Gasteiger partial charge is 0.481 e. The molecule has 0 fully saturated rings. The normalized spacial score (nSPS) is 10.8. The Hall–Kier alpha value is -2.47. The molecule has 0 amide bonds. The Morgan fingerprint density at radius 3 is 2.90 bits per heavy atom. The quantitative estimate of drug-likeness (QED) is 0.759. The second kappa shape index (κ2) is 5.66. The van der Waals surface area contributed by atoms with Gasteiger partial charge in [-0.05, 0) is 17.7 Å². The van der Waals surface area contributed by atoms with E-state index in [9.17, 15) is 0 Å². The Bertz CT molecular complexity index is 692. The van der Waals surface area contributed by atoms with Crippen molar-refractivity contribution in [2.45, 2.75) is 13.1 Å². The third-order valence-corrected chi connectivity index (χ3v) is 3.00. The SMILES string of the molecule is COc1ccc(CNCc2nnc3ccccn23)cn1. The van der Waals surface area contributed by atoms with Crippen molar-refractivity contribution in [1.29, 1.82) is 0 Å². The summed E-state index contributed by atoms with van der Waals surface area (Å²) < 4.78 is 7.00. The van der Waals surface area contributed by atoms with E-state index in [4.69, 9.17) is 4.74 Å². The van der Waals surface area contributed by atoms with Gasteiger partial charge in [-0.15, -0.1) is 10.2 Å². The summed E-state index contributed by atoms with van der Waals surface area (Å²) in [6.45, 7) is 1.37. The molecule has 102 valence electrons. The fourth-order valence-electron chi connectivity index (χ4n) is 1.97. The second-order valence-electron chi connectivity index (χ2n) is 4.36. The van der Waals surface area contributed by atoms with Crippen LogP contribution in [-0.4, -0.2) is 26.7 Å². The third-order valence-electron chi connectivity index (χ3n) is 3.00. The lowest BCUT2D eigenvalue weighted by atomic mass is 10.3. The summed E-state index contributed by atoms with van der Waals surface area (Å²) in [7, 11) is 1.61. The molecule has 0 aliphatic heterocycles. The lowest BCUT2D eigenvalue weighted by molar-refractivity contribution is 0.397. The predicted molar refractivity (Wildman–Crippen MR) is 74.3 cm³/mol. The summed E-state index contributed by atoms with van der Waals surface area (Å²) in [6, 6.07) is 9.69. The van der Waals surface area contributed by atoms with Gasteiger partial charge in [0.25, 0.3) is 0 Å². The van der Waals surface area contributed by atoms with Crippen molar-refractivity contribution in [3.63, 3.8) is 0 Å². The van der Waals surface area contributed by atoms with Gasteiger partial charge < -0.3 is 10.1 Å². The van der Waals surface area contributed by atoms with Crippen LogP contribution in [-0.2, 0) is 13.1 Å². The average molecular weight is 269 g/mol. The topological polar surface area (TPSA) is 64.3 Å². The first-order valence-corrected chi connectivity index (χ1v) is 6.35. The monoisotopic (exact) mass is 269 g/mol. The highest BCUT2D eigenvalue weighted by atomic mass is 16.5. The minimum absolute atomic E-state index is 0.622. The number of hydrogen-bond acceptors (Lipinski definition) is 5. The zero-order valence-electron chi connectivity index (χ0n) is 11.2. The molecule has 3 aromatic heterocycles. The fraction of sp³-hybridized carbons (Fsp3) is 0.214. The standard InChI is InChI=1S/C14H15N5O/c1-20-14-6-5-11(9-16-14)8-15-10-13-18-17-12-4-2-3-7-19(12)13/h2-7,9,15H,8,10H2,1H3. The number of fused-ring (bicyclic) bond motifs is 1. The van der Waals surface area contributed by atoms with Crippen molar-refractivity contribution < 1.29 is 4.74 Å². The van der Waals surface area contributed by atoms with Gasteiger partial charge in [0.1, 0.15) is 0 Å². The highest BCUT2D eigenvalue weighted by molar-refractivity contribution is 5.36. The molecule has 20 heavy (non-hydrogen) atoms. The molecule has 0 aromatic carbocycles. The molecule has 3 rings (SSSR count). The van der Waals surface area contributed by atoms with Crippen molar-refractivity contribution in [3.8, 4) is 5.88 Å². The maximum Gasteiger partial charge on any atom is 0.212 e. The predicted octanol–water partition coefficient (Wildman–Crippen LogP) is 1.42. The number of rotatable bonds is 5. The number of methoxy groups -OCH3 is 1. The van der Waals surface area contributed by atoms with E-state index in [1.807, 2.05) is 40.9 Å². The Morgan fingerprint density at radius 2 is 2.10 bits per heavy atom. The van der Waals surface area contributed by atoms with E-state index in [1.54, 1.807) is 13.3 Å². The molecule has 1 N–H and O–H groups in total. The van der Waals surface area contributed by atoms with E-state index in [0.29, 0.717) is 12.4 Å². The summed E-state index contributed by atoms with van der Waals surface area (Å²) in [6.07, 6.45) is 3.76. The van der Waals surface area contributed by atoms with Gasteiger partial charge in [0.15, 0.2) is 11.5 Å². The molecule has 0 unspecified atom stereocenters. The highest BCUT2D eigenvalue weighted by Crippen LogP contribution is 2.07. The van der Waals surface area contributed by atoms with Crippen LogP contribution in [0.1, 0.15) is 11.4 Å². The van der Waals surface area contributed by atoms with Crippen LogP contribution in [0.15, 0.2) is 42.7 Å². The zero-order chi connectivity index (χ0) is 13.8. The van der Waals surface area contributed by atoms with E-state index < -0.39 is 0 Å². The van der Waals surface area contributed by atoms with Crippen LogP contribution in [0.2, 0.25) is 0 Å².